The zero-order valence-corrected chi connectivity index (χ0v) is 18.0. The summed E-state index contributed by atoms with van der Waals surface area (Å²) in [5.41, 5.74) is 2.12. The van der Waals surface area contributed by atoms with Gasteiger partial charge in [-0.15, -0.1) is 11.8 Å². The first-order chi connectivity index (χ1) is 13.4. The topological polar surface area (TPSA) is 83.2 Å². The summed E-state index contributed by atoms with van der Waals surface area (Å²) in [6.45, 7) is 7.80. The van der Waals surface area contributed by atoms with Crippen molar-refractivity contribution < 1.29 is 9.52 Å². The Kier molecular flexibility index (Phi) is 7.12. The summed E-state index contributed by atoms with van der Waals surface area (Å²) in [5, 5.41) is 16.2. The number of oxazole rings is 1. The van der Waals surface area contributed by atoms with Crippen LogP contribution in [0.25, 0.3) is 0 Å². The summed E-state index contributed by atoms with van der Waals surface area (Å²) in [5.74, 6) is 2.33. The number of anilines is 2. The van der Waals surface area contributed by atoms with E-state index >= 15 is 0 Å². The second-order valence-electron chi connectivity index (χ2n) is 7.37. The van der Waals surface area contributed by atoms with E-state index in [0.29, 0.717) is 12.3 Å². The molecule has 0 saturated heterocycles. The van der Waals surface area contributed by atoms with Crippen LogP contribution in [0, 0.1) is 0 Å². The van der Waals surface area contributed by atoms with Crippen LogP contribution in [0.15, 0.2) is 45.3 Å². The quantitative estimate of drug-likeness (QED) is 0.347. The zero-order valence-electron chi connectivity index (χ0n) is 16.4. The molecular weight excluding hydrogens is 392 g/mol. The smallest absolute Gasteiger partial charge is 0.204 e. The van der Waals surface area contributed by atoms with Crippen molar-refractivity contribution in [2.45, 2.75) is 42.7 Å². The molecule has 0 unspecified atom stereocenters. The van der Waals surface area contributed by atoms with Crippen LogP contribution in [0.1, 0.15) is 38.0 Å². The lowest BCUT2D eigenvalue weighted by atomic mass is 9.94. The normalized spacial score (nSPS) is 11.7. The molecule has 3 aromatic rings. The largest absolute Gasteiger partial charge is 0.444 e. The molecule has 6 nitrogen and oxygen atoms in total. The van der Waals surface area contributed by atoms with Crippen molar-refractivity contribution >= 4 is 33.9 Å². The van der Waals surface area contributed by atoms with Crippen molar-refractivity contribution in [2.75, 3.05) is 18.5 Å². The molecule has 2 heterocycles. The highest BCUT2D eigenvalue weighted by atomic mass is 32.2. The fourth-order valence-corrected chi connectivity index (χ4v) is 4.18. The van der Waals surface area contributed by atoms with E-state index in [4.69, 9.17) is 9.52 Å². The molecule has 3 rings (SSSR count). The molecule has 0 aliphatic heterocycles. The summed E-state index contributed by atoms with van der Waals surface area (Å²) < 4.78 is 6.95. The van der Waals surface area contributed by atoms with Crippen LogP contribution in [0.2, 0.25) is 0 Å². The van der Waals surface area contributed by atoms with Gasteiger partial charge in [0.1, 0.15) is 5.76 Å². The third kappa shape index (κ3) is 6.07. The summed E-state index contributed by atoms with van der Waals surface area (Å²) >= 11 is 3.28. The van der Waals surface area contributed by atoms with Gasteiger partial charge in [0.2, 0.25) is 5.89 Å². The highest BCUT2D eigenvalue weighted by Gasteiger charge is 2.19. The monoisotopic (exact) mass is 418 g/mol. The predicted octanol–water partition coefficient (Wildman–Crippen LogP) is 4.55. The van der Waals surface area contributed by atoms with E-state index in [0.717, 1.165) is 38.8 Å². The highest BCUT2D eigenvalue weighted by Crippen LogP contribution is 2.33. The fraction of sp³-hybridized carbons (Fsp3) is 0.400. The van der Waals surface area contributed by atoms with Crippen LogP contribution >= 0.6 is 23.1 Å². The van der Waals surface area contributed by atoms with Crippen LogP contribution in [0.4, 0.5) is 10.8 Å². The van der Waals surface area contributed by atoms with E-state index in [9.17, 15) is 0 Å². The average molecular weight is 419 g/mol. The summed E-state index contributed by atoms with van der Waals surface area (Å²) in [7, 11) is 0. The molecule has 1 aromatic carbocycles. The second kappa shape index (κ2) is 9.56. The predicted molar refractivity (Wildman–Crippen MR) is 115 cm³/mol. The number of thiazole rings is 1. The molecule has 0 bridgehead atoms. The van der Waals surface area contributed by atoms with Gasteiger partial charge in [-0.2, -0.15) is 0 Å². The number of hydrogen-bond donors (Lipinski definition) is 3. The van der Waals surface area contributed by atoms with Crippen molar-refractivity contribution in [2.24, 2.45) is 0 Å². The van der Waals surface area contributed by atoms with Gasteiger partial charge in [-0.25, -0.2) is 9.97 Å². The molecule has 8 heteroatoms. The third-order valence-electron chi connectivity index (χ3n) is 3.91. The standard InChI is InChI=1S/C20H26N4O2S2/c1-20(2,3)16-11-22-17(26-16)13-27-18-12-23-19(28-18)24-15-6-4-5-14(9-15)10-21-7-8-25/h4-6,9,11-12,21,25H,7-8,10,13H2,1-3H3,(H,23,24). The number of benzene rings is 1. The van der Waals surface area contributed by atoms with Crippen LogP contribution in [0.5, 0.6) is 0 Å². The molecule has 0 atom stereocenters. The van der Waals surface area contributed by atoms with Gasteiger partial charge in [-0.1, -0.05) is 44.2 Å². The van der Waals surface area contributed by atoms with Crippen molar-refractivity contribution in [3.8, 4) is 0 Å². The number of aliphatic hydroxyl groups is 1. The average Bonchev–Trinajstić information content (AvgIpc) is 3.30. The van der Waals surface area contributed by atoms with Gasteiger partial charge in [0.25, 0.3) is 0 Å². The van der Waals surface area contributed by atoms with Crippen molar-refractivity contribution in [1.29, 1.82) is 0 Å². The second-order valence-corrected chi connectivity index (χ2v) is 9.67. The van der Waals surface area contributed by atoms with E-state index in [-0.39, 0.29) is 12.0 Å². The minimum atomic E-state index is -0.0281. The Hall–Kier alpha value is -1.87. The Labute approximate surface area is 173 Å². The van der Waals surface area contributed by atoms with Crippen LogP contribution in [-0.4, -0.2) is 28.2 Å². The number of aromatic nitrogens is 2. The van der Waals surface area contributed by atoms with Crippen LogP contribution in [0.3, 0.4) is 0 Å². The number of nitrogens with one attached hydrogen (secondary N) is 2. The summed E-state index contributed by atoms with van der Waals surface area (Å²) in [6, 6.07) is 8.17. The first-order valence-electron chi connectivity index (χ1n) is 9.15. The highest BCUT2D eigenvalue weighted by molar-refractivity contribution is 8.00. The number of hydrogen-bond acceptors (Lipinski definition) is 8. The molecule has 0 amide bonds. The molecular formula is C20H26N4O2S2. The molecule has 0 saturated carbocycles. The van der Waals surface area contributed by atoms with Gasteiger partial charge >= 0.3 is 0 Å². The van der Waals surface area contributed by atoms with Crippen molar-refractivity contribution in [3.63, 3.8) is 0 Å². The van der Waals surface area contributed by atoms with E-state index in [1.54, 1.807) is 23.1 Å². The summed E-state index contributed by atoms with van der Waals surface area (Å²) in [6.07, 6.45) is 3.69. The van der Waals surface area contributed by atoms with E-state index in [1.807, 2.05) is 24.5 Å². The maximum atomic E-state index is 8.86. The number of rotatable bonds is 9. The molecule has 0 radical (unpaired) electrons. The number of thioether (sulfide) groups is 1. The maximum Gasteiger partial charge on any atom is 0.204 e. The lowest BCUT2D eigenvalue weighted by Crippen LogP contribution is -2.17. The fourth-order valence-electron chi connectivity index (χ4n) is 2.43. The van der Waals surface area contributed by atoms with Crippen molar-refractivity contribution in [1.82, 2.24) is 15.3 Å². The third-order valence-corrected chi connectivity index (χ3v) is 6.00. The van der Waals surface area contributed by atoms with Gasteiger partial charge in [-0.3, -0.25) is 0 Å². The Morgan fingerprint density at radius 3 is 2.82 bits per heavy atom. The van der Waals surface area contributed by atoms with Crippen molar-refractivity contribution in [3.05, 3.63) is 53.9 Å². The Morgan fingerprint density at radius 1 is 1.21 bits per heavy atom. The first-order valence-corrected chi connectivity index (χ1v) is 11.0. The van der Waals surface area contributed by atoms with E-state index in [2.05, 4.69) is 53.5 Å². The first kappa shape index (κ1) is 20.9. The van der Waals surface area contributed by atoms with Gasteiger partial charge in [-0.05, 0) is 17.7 Å². The Bertz CT molecular complexity index is 886. The molecule has 150 valence electrons. The van der Waals surface area contributed by atoms with Gasteiger partial charge in [0, 0.05) is 24.2 Å². The molecule has 2 aromatic heterocycles. The van der Waals surface area contributed by atoms with E-state index < -0.39 is 0 Å². The SMILES string of the molecule is CC(C)(C)c1cnc(CSc2cnc(Nc3cccc(CNCCO)c3)s2)o1. The minimum Gasteiger partial charge on any atom is -0.444 e. The molecule has 0 fully saturated rings. The number of nitrogens with zero attached hydrogens (tertiary/aromatic N) is 2. The summed E-state index contributed by atoms with van der Waals surface area (Å²) in [4.78, 5) is 8.83. The lowest BCUT2D eigenvalue weighted by Gasteiger charge is -2.12. The molecule has 0 spiro atoms. The Balaban J connectivity index is 1.54. The zero-order chi connectivity index (χ0) is 20.0. The van der Waals surface area contributed by atoms with Gasteiger partial charge < -0.3 is 20.2 Å². The van der Waals surface area contributed by atoms with E-state index in [1.165, 1.54) is 0 Å². The minimum absolute atomic E-state index is 0.0281. The molecule has 28 heavy (non-hydrogen) atoms. The maximum absolute atomic E-state index is 8.86. The number of aliphatic hydroxyl groups excluding tert-OH is 1. The van der Waals surface area contributed by atoms with Gasteiger partial charge in [0.15, 0.2) is 5.13 Å². The molecule has 3 N–H and O–H groups in total. The van der Waals surface area contributed by atoms with Crippen LogP contribution < -0.4 is 10.6 Å². The van der Waals surface area contributed by atoms with Gasteiger partial charge in [0.05, 0.1) is 29.0 Å². The van der Waals surface area contributed by atoms with Crippen LogP contribution in [-0.2, 0) is 17.7 Å². The molecule has 0 aliphatic carbocycles. The lowest BCUT2D eigenvalue weighted by molar-refractivity contribution is 0.292. The molecule has 0 aliphatic rings. The Morgan fingerprint density at radius 2 is 2.07 bits per heavy atom.